The van der Waals surface area contributed by atoms with Gasteiger partial charge in [0.1, 0.15) is 17.6 Å². The Balaban J connectivity index is 1.33. The number of rotatable bonds is 5. The summed E-state index contributed by atoms with van der Waals surface area (Å²) in [5, 5.41) is 11.0. The van der Waals surface area contributed by atoms with E-state index in [9.17, 15) is 4.79 Å². The third-order valence-electron chi connectivity index (χ3n) is 7.32. The highest BCUT2D eigenvalue weighted by atomic mass is 32.2. The van der Waals surface area contributed by atoms with E-state index in [0.29, 0.717) is 29.7 Å². The second-order valence-electron chi connectivity index (χ2n) is 9.61. The number of anilines is 1. The predicted molar refractivity (Wildman–Crippen MR) is 145 cm³/mol. The molecule has 0 bridgehead atoms. The maximum atomic E-state index is 13.8. The first-order valence-corrected chi connectivity index (χ1v) is 13.3. The maximum Gasteiger partial charge on any atom is 0.275 e. The fourth-order valence-corrected chi connectivity index (χ4v) is 6.80. The molecule has 1 saturated carbocycles. The van der Waals surface area contributed by atoms with E-state index in [4.69, 9.17) is 10.7 Å². The summed E-state index contributed by atoms with van der Waals surface area (Å²) in [7, 11) is 0. The molecular weight excluding hydrogens is 466 g/mol. The van der Waals surface area contributed by atoms with E-state index in [2.05, 4.69) is 52.7 Å². The molecule has 0 saturated heterocycles. The van der Waals surface area contributed by atoms with Crippen LogP contribution in [-0.2, 0) is 6.42 Å². The maximum absolute atomic E-state index is 13.8. The van der Waals surface area contributed by atoms with E-state index < -0.39 is 0 Å². The van der Waals surface area contributed by atoms with Gasteiger partial charge in [0, 0.05) is 17.7 Å². The van der Waals surface area contributed by atoms with Crippen molar-refractivity contribution in [3.05, 3.63) is 106 Å². The van der Waals surface area contributed by atoms with Crippen LogP contribution in [0.15, 0.2) is 82.6 Å². The lowest BCUT2D eigenvalue weighted by Gasteiger charge is -2.20. The van der Waals surface area contributed by atoms with Crippen LogP contribution < -0.4 is 11.3 Å². The molecule has 3 aromatic carbocycles. The fourth-order valence-electron chi connectivity index (χ4n) is 5.38. The third kappa shape index (κ3) is 3.45. The lowest BCUT2D eigenvalue weighted by Crippen LogP contribution is -2.29. The van der Waals surface area contributed by atoms with E-state index in [0.717, 1.165) is 34.7 Å². The average Bonchev–Trinajstić information content (AvgIpc) is 3.46. The lowest BCUT2D eigenvalue weighted by atomic mass is 9.93. The van der Waals surface area contributed by atoms with Crippen LogP contribution in [0, 0.1) is 0 Å². The van der Waals surface area contributed by atoms with Gasteiger partial charge in [0.15, 0.2) is 5.82 Å². The Hall–Kier alpha value is -3.84. The Kier molecular flexibility index (Phi) is 4.99. The van der Waals surface area contributed by atoms with Crippen molar-refractivity contribution >= 4 is 28.2 Å². The summed E-state index contributed by atoms with van der Waals surface area (Å²) < 4.78 is 1.87. The Morgan fingerprint density at radius 2 is 1.78 bits per heavy atom. The van der Waals surface area contributed by atoms with Crippen LogP contribution in [0.1, 0.15) is 47.3 Å². The molecule has 3 heterocycles. The van der Waals surface area contributed by atoms with Gasteiger partial charge in [-0.1, -0.05) is 72.8 Å². The smallest absolute Gasteiger partial charge is 0.275 e. The molecule has 2 aliphatic rings. The molecule has 1 atom stereocenters. The minimum atomic E-state index is -0.214. The molecule has 2 aromatic heterocycles. The number of pyridine rings is 1. The first-order chi connectivity index (χ1) is 17.7. The van der Waals surface area contributed by atoms with Crippen molar-refractivity contribution in [3.63, 3.8) is 0 Å². The van der Waals surface area contributed by atoms with Crippen molar-refractivity contribution in [2.45, 2.75) is 36.2 Å². The number of nitrogens with zero attached hydrogens (tertiary/aromatic N) is 3. The summed E-state index contributed by atoms with van der Waals surface area (Å²) in [6.07, 6.45) is 2.94. The van der Waals surface area contributed by atoms with E-state index in [1.165, 1.54) is 21.9 Å². The Labute approximate surface area is 212 Å². The van der Waals surface area contributed by atoms with Gasteiger partial charge in [-0.15, -0.1) is 11.8 Å². The zero-order valence-electron chi connectivity index (χ0n) is 19.6. The number of aromatic amines is 1. The number of nitrogens with two attached hydrogens (primary N) is 1. The summed E-state index contributed by atoms with van der Waals surface area (Å²) in [6, 6.07) is 24.4. The van der Waals surface area contributed by atoms with Gasteiger partial charge in [0.25, 0.3) is 5.56 Å². The molecule has 1 aliphatic heterocycles. The second-order valence-corrected chi connectivity index (χ2v) is 10.6. The van der Waals surface area contributed by atoms with Gasteiger partial charge in [-0.05, 0) is 46.2 Å². The van der Waals surface area contributed by atoms with Gasteiger partial charge in [-0.3, -0.25) is 14.5 Å². The number of hydrogen-bond acceptors (Lipinski definition) is 5. The van der Waals surface area contributed by atoms with Crippen LogP contribution in [0.3, 0.4) is 0 Å². The number of thioether (sulfide) groups is 1. The minimum absolute atomic E-state index is 0.128. The SMILES string of the molecule is Nc1c(Cc2cccc3ccccc23)c(C2CC2)c2n(c1=O)C(c1nc(-c3ccccc3)n[nH]1)CS2. The average molecular weight is 492 g/mol. The van der Waals surface area contributed by atoms with Crippen LogP contribution in [0.2, 0.25) is 0 Å². The van der Waals surface area contributed by atoms with Crippen LogP contribution in [0.25, 0.3) is 22.2 Å². The van der Waals surface area contributed by atoms with Gasteiger partial charge in [-0.25, -0.2) is 4.98 Å². The van der Waals surface area contributed by atoms with Gasteiger partial charge < -0.3 is 5.73 Å². The van der Waals surface area contributed by atoms with E-state index in [1.54, 1.807) is 11.8 Å². The summed E-state index contributed by atoms with van der Waals surface area (Å²) in [6.45, 7) is 0. The number of H-pyrrole nitrogens is 1. The van der Waals surface area contributed by atoms with Crippen molar-refractivity contribution in [2.24, 2.45) is 0 Å². The molecule has 7 rings (SSSR count). The predicted octanol–water partition coefficient (Wildman–Crippen LogP) is 5.53. The van der Waals surface area contributed by atoms with E-state index in [1.807, 2.05) is 34.9 Å². The zero-order chi connectivity index (χ0) is 24.2. The molecule has 0 radical (unpaired) electrons. The molecule has 0 spiro atoms. The summed E-state index contributed by atoms with van der Waals surface area (Å²) in [4.78, 5) is 18.5. The molecular formula is C29H25N5OS. The van der Waals surface area contributed by atoms with E-state index in [-0.39, 0.29) is 11.6 Å². The third-order valence-corrected chi connectivity index (χ3v) is 8.49. The molecule has 1 aliphatic carbocycles. The molecule has 7 heteroatoms. The number of benzene rings is 3. The minimum Gasteiger partial charge on any atom is -0.394 e. The highest BCUT2D eigenvalue weighted by Crippen LogP contribution is 2.50. The number of nitrogen functional groups attached to an aromatic ring is 1. The van der Waals surface area contributed by atoms with Crippen LogP contribution >= 0.6 is 11.8 Å². The molecule has 36 heavy (non-hydrogen) atoms. The van der Waals surface area contributed by atoms with Crippen molar-refractivity contribution < 1.29 is 0 Å². The summed E-state index contributed by atoms with van der Waals surface area (Å²) in [5.74, 6) is 2.53. The lowest BCUT2D eigenvalue weighted by molar-refractivity contribution is 0.560. The first-order valence-electron chi connectivity index (χ1n) is 12.3. The Morgan fingerprint density at radius 1 is 1.00 bits per heavy atom. The largest absolute Gasteiger partial charge is 0.394 e. The summed E-state index contributed by atoms with van der Waals surface area (Å²) >= 11 is 1.74. The Morgan fingerprint density at radius 3 is 2.61 bits per heavy atom. The number of hydrogen-bond donors (Lipinski definition) is 2. The van der Waals surface area contributed by atoms with Gasteiger partial charge >= 0.3 is 0 Å². The van der Waals surface area contributed by atoms with Crippen molar-refractivity contribution in [1.82, 2.24) is 19.7 Å². The van der Waals surface area contributed by atoms with Crippen molar-refractivity contribution in [1.29, 1.82) is 0 Å². The van der Waals surface area contributed by atoms with Gasteiger partial charge in [0.05, 0.1) is 5.03 Å². The van der Waals surface area contributed by atoms with Crippen LogP contribution in [0.5, 0.6) is 0 Å². The van der Waals surface area contributed by atoms with Crippen LogP contribution in [0.4, 0.5) is 5.69 Å². The van der Waals surface area contributed by atoms with Crippen LogP contribution in [-0.4, -0.2) is 25.5 Å². The molecule has 6 nitrogen and oxygen atoms in total. The number of fused-ring (bicyclic) bond motifs is 2. The highest BCUT2D eigenvalue weighted by Gasteiger charge is 2.38. The van der Waals surface area contributed by atoms with Crippen molar-refractivity contribution in [2.75, 3.05) is 11.5 Å². The zero-order valence-corrected chi connectivity index (χ0v) is 20.5. The second kappa shape index (κ2) is 8.38. The first kappa shape index (κ1) is 21.4. The Bertz CT molecular complexity index is 1660. The standard InChI is InChI=1S/C29H25N5OS/c30-25-22(15-20-11-6-10-17-7-4-5-12-21(17)20)24(18-13-14-18)29-34(28(25)35)23(16-36-29)27-31-26(32-33-27)19-8-2-1-3-9-19/h1-12,18,23H,13-16,30H2,(H,31,32,33). The molecule has 5 aromatic rings. The normalized spacial score (nSPS) is 16.9. The molecule has 1 fully saturated rings. The monoisotopic (exact) mass is 491 g/mol. The topological polar surface area (TPSA) is 89.6 Å². The van der Waals surface area contributed by atoms with Gasteiger partial charge in [0.2, 0.25) is 0 Å². The number of aromatic nitrogens is 4. The molecule has 1 unspecified atom stereocenters. The molecule has 0 amide bonds. The van der Waals surface area contributed by atoms with E-state index >= 15 is 0 Å². The molecule has 178 valence electrons. The van der Waals surface area contributed by atoms with Crippen molar-refractivity contribution in [3.8, 4) is 11.4 Å². The highest BCUT2D eigenvalue weighted by molar-refractivity contribution is 7.99. The van der Waals surface area contributed by atoms with Gasteiger partial charge in [-0.2, -0.15) is 5.10 Å². The summed E-state index contributed by atoms with van der Waals surface area (Å²) in [5.41, 5.74) is 11.3. The number of nitrogens with one attached hydrogen (secondary N) is 1. The molecule has 3 N–H and O–H groups in total. The quantitative estimate of drug-likeness (QED) is 0.337. The fraction of sp³-hybridized carbons (Fsp3) is 0.207.